The van der Waals surface area contributed by atoms with Crippen molar-refractivity contribution in [2.24, 2.45) is 0 Å². The molecule has 0 saturated carbocycles. The number of aryl methyl sites for hydroxylation is 1. The van der Waals surface area contributed by atoms with Crippen LogP contribution < -0.4 is 10.2 Å². The van der Waals surface area contributed by atoms with Gasteiger partial charge in [0.05, 0.1) is 10.2 Å². The Morgan fingerprint density at radius 1 is 1.03 bits per heavy atom. The first-order valence-corrected chi connectivity index (χ1v) is 11.6. The van der Waals surface area contributed by atoms with Gasteiger partial charge in [0.1, 0.15) is 0 Å². The minimum absolute atomic E-state index is 0.0281. The van der Waals surface area contributed by atoms with Crippen molar-refractivity contribution in [3.05, 3.63) is 81.5 Å². The Labute approximate surface area is 180 Å². The van der Waals surface area contributed by atoms with Gasteiger partial charge >= 0.3 is 4.87 Å². The molecule has 154 valence electrons. The fraction of sp³-hybridized carbons (Fsp3) is 0.320. The highest BCUT2D eigenvalue weighted by molar-refractivity contribution is 7.16. The Kier molecular flexibility index (Phi) is 5.67. The summed E-state index contributed by atoms with van der Waals surface area (Å²) in [5.41, 5.74) is 3.71. The van der Waals surface area contributed by atoms with Crippen molar-refractivity contribution in [3.8, 4) is 0 Å². The summed E-state index contributed by atoms with van der Waals surface area (Å²) in [6, 6.07) is 22.2. The molecule has 1 atom stereocenters. The van der Waals surface area contributed by atoms with Crippen LogP contribution in [-0.4, -0.2) is 36.1 Å². The number of unbranched alkanes of at least 4 members (excludes halogenated alkanes) is 1. The molecule has 1 aliphatic rings. The summed E-state index contributed by atoms with van der Waals surface area (Å²) in [6.07, 6.45) is 3.41. The molecule has 30 heavy (non-hydrogen) atoms. The first-order chi connectivity index (χ1) is 14.8. The normalized spacial score (nSPS) is 17.7. The number of nitrogens with zero attached hydrogens (tertiary/aromatic N) is 1. The summed E-state index contributed by atoms with van der Waals surface area (Å²) in [5, 5.41) is 6.29. The van der Waals surface area contributed by atoms with E-state index in [4.69, 9.17) is 0 Å². The molecular formula is C25H27N3OS. The lowest BCUT2D eigenvalue weighted by Gasteiger charge is -2.37. The highest BCUT2D eigenvalue weighted by Gasteiger charge is 2.24. The Hall–Kier alpha value is -2.47. The third-order valence-electron chi connectivity index (χ3n) is 6.18. The summed E-state index contributed by atoms with van der Waals surface area (Å²) >= 11 is 1.30. The number of aromatic nitrogens is 1. The average molecular weight is 418 g/mol. The number of nitrogens with one attached hydrogen (secondary N) is 2. The monoisotopic (exact) mass is 417 g/mol. The zero-order valence-corrected chi connectivity index (χ0v) is 17.9. The lowest BCUT2D eigenvalue weighted by atomic mass is 9.96. The van der Waals surface area contributed by atoms with Gasteiger partial charge in [0, 0.05) is 25.7 Å². The molecule has 4 nitrogen and oxygen atoms in total. The van der Waals surface area contributed by atoms with Gasteiger partial charge in [-0.25, -0.2) is 0 Å². The molecule has 1 aliphatic heterocycles. The second kappa shape index (κ2) is 8.72. The van der Waals surface area contributed by atoms with Gasteiger partial charge in [-0.15, -0.1) is 0 Å². The number of hydrogen-bond donors (Lipinski definition) is 2. The van der Waals surface area contributed by atoms with Gasteiger partial charge in [-0.05, 0) is 59.8 Å². The van der Waals surface area contributed by atoms with Crippen molar-refractivity contribution in [3.63, 3.8) is 0 Å². The molecule has 2 heterocycles. The van der Waals surface area contributed by atoms with Gasteiger partial charge < -0.3 is 10.3 Å². The number of piperazine rings is 1. The summed E-state index contributed by atoms with van der Waals surface area (Å²) < 4.78 is 1.07. The van der Waals surface area contributed by atoms with Gasteiger partial charge in [0.15, 0.2) is 0 Å². The van der Waals surface area contributed by atoms with Crippen molar-refractivity contribution in [2.75, 3.05) is 26.2 Å². The molecule has 1 aromatic heterocycles. The van der Waals surface area contributed by atoms with E-state index in [1.165, 1.54) is 39.7 Å². The molecule has 2 N–H and O–H groups in total. The molecule has 0 bridgehead atoms. The first-order valence-electron chi connectivity index (χ1n) is 10.8. The molecule has 1 saturated heterocycles. The summed E-state index contributed by atoms with van der Waals surface area (Å²) in [4.78, 5) is 17.1. The molecule has 1 fully saturated rings. The Bertz CT molecular complexity index is 1210. The van der Waals surface area contributed by atoms with E-state index in [0.717, 1.165) is 49.2 Å². The molecule has 3 aromatic carbocycles. The van der Waals surface area contributed by atoms with Crippen LogP contribution in [0.4, 0.5) is 0 Å². The van der Waals surface area contributed by atoms with Gasteiger partial charge in [0.25, 0.3) is 0 Å². The molecule has 4 aromatic rings. The van der Waals surface area contributed by atoms with Crippen molar-refractivity contribution >= 4 is 32.3 Å². The number of H-pyrrole nitrogens is 1. The van der Waals surface area contributed by atoms with E-state index >= 15 is 0 Å². The van der Waals surface area contributed by atoms with Crippen molar-refractivity contribution in [2.45, 2.75) is 25.3 Å². The largest absolute Gasteiger partial charge is 0.314 e. The van der Waals surface area contributed by atoms with E-state index in [9.17, 15) is 4.79 Å². The van der Waals surface area contributed by atoms with E-state index in [2.05, 4.69) is 69.8 Å². The van der Waals surface area contributed by atoms with Crippen LogP contribution >= 0.6 is 11.3 Å². The predicted molar refractivity (Wildman–Crippen MR) is 127 cm³/mol. The van der Waals surface area contributed by atoms with Crippen molar-refractivity contribution in [1.29, 1.82) is 0 Å². The topological polar surface area (TPSA) is 48.1 Å². The molecule has 5 rings (SSSR count). The van der Waals surface area contributed by atoms with Crippen LogP contribution in [0.2, 0.25) is 0 Å². The van der Waals surface area contributed by atoms with Gasteiger partial charge in [0.2, 0.25) is 0 Å². The van der Waals surface area contributed by atoms with E-state index in [1.807, 2.05) is 6.07 Å². The number of thiazole rings is 1. The highest BCUT2D eigenvalue weighted by atomic mass is 32.1. The van der Waals surface area contributed by atoms with E-state index in [1.54, 1.807) is 0 Å². The maximum Gasteiger partial charge on any atom is 0.305 e. The maximum atomic E-state index is 11.5. The summed E-state index contributed by atoms with van der Waals surface area (Å²) in [5.74, 6) is 0. The second-order valence-electron chi connectivity index (χ2n) is 8.13. The van der Waals surface area contributed by atoms with Gasteiger partial charge in [-0.1, -0.05) is 59.9 Å². The minimum Gasteiger partial charge on any atom is -0.314 e. The minimum atomic E-state index is 0.0281. The zero-order chi connectivity index (χ0) is 20.3. The van der Waals surface area contributed by atoms with Gasteiger partial charge in [-0.2, -0.15) is 0 Å². The van der Waals surface area contributed by atoms with Crippen LogP contribution in [0.1, 0.15) is 30.0 Å². The molecule has 0 radical (unpaired) electrons. The molecular weight excluding hydrogens is 390 g/mol. The lowest BCUT2D eigenvalue weighted by molar-refractivity contribution is 0.160. The van der Waals surface area contributed by atoms with Crippen LogP contribution in [0, 0.1) is 0 Å². The van der Waals surface area contributed by atoms with Crippen LogP contribution in [-0.2, 0) is 6.42 Å². The molecule has 0 aliphatic carbocycles. The highest BCUT2D eigenvalue weighted by Crippen LogP contribution is 2.29. The number of aromatic amines is 1. The average Bonchev–Trinajstić information content (AvgIpc) is 3.16. The Morgan fingerprint density at radius 2 is 1.93 bits per heavy atom. The Morgan fingerprint density at radius 3 is 2.90 bits per heavy atom. The van der Waals surface area contributed by atoms with E-state index in [0.29, 0.717) is 6.04 Å². The molecule has 0 spiro atoms. The van der Waals surface area contributed by atoms with Gasteiger partial charge in [-0.3, -0.25) is 9.69 Å². The molecule has 5 heteroatoms. The smallest absolute Gasteiger partial charge is 0.305 e. The third kappa shape index (κ3) is 4.06. The Balaban J connectivity index is 1.24. The quantitative estimate of drug-likeness (QED) is 0.447. The number of hydrogen-bond acceptors (Lipinski definition) is 4. The number of fused-ring (bicyclic) bond motifs is 2. The fourth-order valence-electron chi connectivity index (χ4n) is 4.65. The predicted octanol–water partition coefficient (Wildman–Crippen LogP) is 4.71. The SMILES string of the molecule is O=c1[nH]c2ccc(CCCCN3CCNCC3c3cccc4ccccc34)cc2s1. The zero-order valence-electron chi connectivity index (χ0n) is 17.1. The molecule has 0 amide bonds. The number of benzene rings is 3. The van der Waals surface area contributed by atoms with Crippen LogP contribution in [0.3, 0.4) is 0 Å². The number of rotatable bonds is 6. The third-order valence-corrected chi connectivity index (χ3v) is 7.03. The van der Waals surface area contributed by atoms with Crippen LogP contribution in [0.25, 0.3) is 21.0 Å². The molecule has 1 unspecified atom stereocenters. The first kappa shape index (κ1) is 19.5. The summed E-state index contributed by atoms with van der Waals surface area (Å²) in [7, 11) is 0. The fourth-order valence-corrected chi connectivity index (χ4v) is 5.45. The maximum absolute atomic E-state index is 11.5. The van der Waals surface area contributed by atoms with E-state index < -0.39 is 0 Å². The van der Waals surface area contributed by atoms with Crippen LogP contribution in [0.5, 0.6) is 0 Å². The second-order valence-corrected chi connectivity index (χ2v) is 9.14. The van der Waals surface area contributed by atoms with Crippen molar-refractivity contribution in [1.82, 2.24) is 15.2 Å². The van der Waals surface area contributed by atoms with Crippen LogP contribution in [0.15, 0.2) is 65.5 Å². The lowest BCUT2D eigenvalue weighted by Crippen LogP contribution is -2.46. The van der Waals surface area contributed by atoms with E-state index in [-0.39, 0.29) is 4.87 Å². The summed E-state index contributed by atoms with van der Waals surface area (Å²) in [6.45, 7) is 4.29. The van der Waals surface area contributed by atoms with Crippen molar-refractivity contribution < 1.29 is 0 Å². The standard InChI is InChI=1S/C25H27N3OS/c29-25-27-22-12-11-18(16-24(22)30-25)6-3-4-14-28-15-13-26-17-23(28)21-10-5-8-19-7-1-2-9-20(19)21/h1-2,5,7-12,16,23,26H,3-4,6,13-15,17H2,(H,27,29).